The average Bonchev–Trinajstić information content (AvgIpc) is 2.63. The summed E-state index contributed by atoms with van der Waals surface area (Å²) < 4.78 is 0. The predicted octanol–water partition coefficient (Wildman–Crippen LogP) is 1.31. The molecule has 0 aromatic heterocycles. The van der Waals surface area contributed by atoms with E-state index in [0.29, 0.717) is 12.3 Å². The molecule has 1 unspecified atom stereocenters. The van der Waals surface area contributed by atoms with E-state index in [4.69, 9.17) is 10.2 Å². The lowest BCUT2D eigenvalue weighted by Crippen LogP contribution is -2.27. The van der Waals surface area contributed by atoms with Crippen LogP contribution in [0.15, 0.2) is 24.3 Å². The fourth-order valence-corrected chi connectivity index (χ4v) is 3.19. The van der Waals surface area contributed by atoms with Crippen molar-refractivity contribution in [3.8, 4) is 0 Å². The minimum atomic E-state index is -0.813. The van der Waals surface area contributed by atoms with Crippen molar-refractivity contribution in [2.24, 2.45) is 0 Å². The number of carboxylic acids is 1. The van der Waals surface area contributed by atoms with Gasteiger partial charge in [-0.1, -0.05) is 24.3 Å². The molecule has 1 heterocycles. The van der Waals surface area contributed by atoms with Crippen molar-refractivity contribution in [3.63, 3.8) is 0 Å². The maximum absolute atomic E-state index is 10.8. The topological polar surface area (TPSA) is 60.8 Å². The number of benzene rings is 1. The summed E-state index contributed by atoms with van der Waals surface area (Å²) in [5.41, 5.74) is 2.36. The van der Waals surface area contributed by atoms with Gasteiger partial charge in [-0.2, -0.15) is 0 Å². The minimum absolute atomic E-state index is 0.0395. The average molecular weight is 253 g/mol. The molecule has 0 bridgehead atoms. The molecule has 1 aromatic rings. The summed E-state index contributed by atoms with van der Waals surface area (Å²) in [5.74, 6) is -0.192. The number of aliphatic hydroxyl groups excluding tert-OH is 1. The van der Waals surface area contributed by atoms with Crippen LogP contribution in [0.1, 0.15) is 16.5 Å². The largest absolute Gasteiger partial charge is 0.480 e. The fourth-order valence-electron chi connectivity index (χ4n) is 2.09. The highest BCUT2D eigenvalue weighted by atomic mass is 32.2. The van der Waals surface area contributed by atoms with Crippen LogP contribution in [0.4, 0.5) is 0 Å². The standard InChI is InChI=1S/C12H15NO3S/c14-5-6-17-12-10-4-2-1-3-9(10)7-13(12)8-11(15)16/h1-4,12,14H,5-8H2,(H,15,16). The van der Waals surface area contributed by atoms with E-state index in [1.54, 1.807) is 11.8 Å². The Morgan fingerprint density at radius 1 is 1.47 bits per heavy atom. The quantitative estimate of drug-likeness (QED) is 0.828. The molecule has 1 aliphatic heterocycles. The number of hydrogen-bond acceptors (Lipinski definition) is 4. The molecule has 4 nitrogen and oxygen atoms in total. The fraction of sp³-hybridized carbons (Fsp3) is 0.417. The molecule has 2 rings (SSSR count). The van der Waals surface area contributed by atoms with Gasteiger partial charge in [-0.25, -0.2) is 0 Å². The maximum Gasteiger partial charge on any atom is 0.317 e. The first-order valence-electron chi connectivity index (χ1n) is 5.48. The SMILES string of the molecule is O=C(O)CN1Cc2ccccc2C1SCCO. The van der Waals surface area contributed by atoms with Crippen LogP contribution in [0, 0.1) is 0 Å². The summed E-state index contributed by atoms with van der Waals surface area (Å²) in [6.07, 6.45) is 0. The molecule has 0 radical (unpaired) electrons. The van der Waals surface area contributed by atoms with Crippen LogP contribution < -0.4 is 0 Å². The summed E-state index contributed by atoms with van der Waals surface area (Å²) in [5, 5.41) is 17.8. The molecule has 0 fully saturated rings. The van der Waals surface area contributed by atoms with Gasteiger partial charge in [-0.05, 0) is 11.1 Å². The molecule has 2 N–H and O–H groups in total. The van der Waals surface area contributed by atoms with Crippen LogP contribution in [-0.4, -0.2) is 40.0 Å². The Kier molecular flexibility index (Phi) is 4.04. The van der Waals surface area contributed by atoms with Gasteiger partial charge in [-0.3, -0.25) is 9.69 Å². The lowest BCUT2D eigenvalue weighted by atomic mass is 10.1. The van der Waals surface area contributed by atoms with Gasteiger partial charge in [0.15, 0.2) is 0 Å². The first kappa shape index (κ1) is 12.4. The molecule has 0 aliphatic carbocycles. The lowest BCUT2D eigenvalue weighted by molar-refractivity contribution is -0.138. The van der Waals surface area contributed by atoms with E-state index in [1.165, 1.54) is 11.1 Å². The number of carbonyl (C=O) groups is 1. The highest BCUT2D eigenvalue weighted by Crippen LogP contribution is 2.40. The van der Waals surface area contributed by atoms with E-state index in [0.717, 1.165) is 0 Å². The number of rotatable bonds is 5. The smallest absolute Gasteiger partial charge is 0.317 e. The third-order valence-corrected chi connectivity index (χ3v) is 4.02. The van der Waals surface area contributed by atoms with E-state index in [9.17, 15) is 4.79 Å². The van der Waals surface area contributed by atoms with Crippen molar-refractivity contribution in [2.45, 2.75) is 11.9 Å². The summed E-state index contributed by atoms with van der Waals surface area (Å²) >= 11 is 1.59. The monoisotopic (exact) mass is 253 g/mol. The first-order chi connectivity index (χ1) is 8.22. The van der Waals surface area contributed by atoms with Crippen molar-refractivity contribution in [1.82, 2.24) is 4.90 Å². The second-order valence-electron chi connectivity index (χ2n) is 3.94. The van der Waals surface area contributed by atoms with E-state index in [1.807, 2.05) is 29.2 Å². The van der Waals surface area contributed by atoms with Gasteiger partial charge in [0, 0.05) is 12.3 Å². The molecule has 0 spiro atoms. The second-order valence-corrected chi connectivity index (χ2v) is 5.13. The van der Waals surface area contributed by atoms with Crippen LogP contribution in [0.5, 0.6) is 0 Å². The number of fused-ring (bicyclic) bond motifs is 1. The molecule has 1 aromatic carbocycles. The van der Waals surface area contributed by atoms with Crippen LogP contribution in [0.3, 0.4) is 0 Å². The van der Waals surface area contributed by atoms with Crippen LogP contribution in [0.2, 0.25) is 0 Å². The van der Waals surface area contributed by atoms with Crippen molar-refractivity contribution in [1.29, 1.82) is 0 Å². The molecular formula is C12H15NO3S. The zero-order chi connectivity index (χ0) is 12.3. The first-order valence-corrected chi connectivity index (χ1v) is 6.53. The molecular weight excluding hydrogens is 238 g/mol. The highest BCUT2D eigenvalue weighted by Gasteiger charge is 2.30. The number of aliphatic hydroxyl groups is 1. The van der Waals surface area contributed by atoms with Crippen LogP contribution >= 0.6 is 11.8 Å². The molecule has 17 heavy (non-hydrogen) atoms. The molecule has 92 valence electrons. The summed E-state index contributed by atoms with van der Waals surface area (Å²) in [4.78, 5) is 12.7. The zero-order valence-corrected chi connectivity index (χ0v) is 10.2. The minimum Gasteiger partial charge on any atom is -0.480 e. The predicted molar refractivity (Wildman–Crippen MR) is 66.8 cm³/mol. The van der Waals surface area contributed by atoms with E-state index >= 15 is 0 Å². The van der Waals surface area contributed by atoms with E-state index < -0.39 is 5.97 Å². The van der Waals surface area contributed by atoms with Crippen LogP contribution in [0.25, 0.3) is 0 Å². The van der Waals surface area contributed by atoms with Crippen molar-refractivity contribution >= 4 is 17.7 Å². The number of hydrogen-bond donors (Lipinski definition) is 2. The third-order valence-electron chi connectivity index (χ3n) is 2.73. The normalized spacial score (nSPS) is 19.2. The van der Waals surface area contributed by atoms with Gasteiger partial charge in [-0.15, -0.1) is 11.8 Å². The van der Waals surface area contributed by atoms with Crippen LogP contribution in [-0.2, 0) is 11.3 Å². The number of nitrogens with zero attached hydrogens (tertiary/aromatic N) is 1. The highest BCUT2D eigenvalue weighted by molar-refractivity contribution is 7.99. The zero-order valence-electron chi connectivity index (χ0n) is 9.37. The Hall–Kier alpha value is -1.04. The Bertz CT molecular complexity index is 410. The Morgan fingerprint density at radius 2 is 2.24 bits per heavy atom. The van der Waals surface area contributed by atoms with E-state index in [-0.39, 0.29) is 18.5 Å². The summed E-state index contributed by atoms with van der Waals surface area (Å²) in [6.45, 7) is 0.827. The Labute approximate surface area is 104 Å². The third kappa shape index (κ3) is 2.80. The van der Waals surface area contributed by atoms with Gasteiger partial charge < -0.3 is 10.2 Å². The molecule has 0 saturated heterocycles. The second kappa shape index (κ2) is 5.53. The van der Waals surface area contributed by atoms with Gasteiger partial charge >= 0.3 is 5.97 Å². The molecule has 1 aliphatic rings. The van der Waals surface area contributed by atoms with Gasteiger partial charge in [0.1, 0.15) is 0 Å². The number of carboxylic acid groups (broad SMARTS) is 1. The van der Waals surface area contributed by atoms with Crippen molar-refractivity contribution < 1.29 is 15.0 Å². The lowest BCUT2D eigenvalue weighted by Gasteiger charge is -2.22. The summed E-state index contributed by atoms with van der Waals surface area (Å²) in [7, 11) is 0. The molecule has 5 heteroatoms. The molecule has 1 atom stereocenters. The van der Waals surface area contributed by atoms with Crippen molar-refractivity contribution in [3.05, 3.63) is 35.4 Å². The van der Waals surface area contributed by atoms with Gasteiger partial charge in [0.05, 0.1) is 18.5 Å². The number of aliphatic carboxylic acids is 1. The Morgan fingerprint density at radius 3 is 2.94 bits per heavy atom. The Balaban J connectivity index is 2.17. The molecule has 0 saturated carbocycles. The van der Waals surface area contributed by atoms with Gasteiger partial charge in [0.25, 0.3) is 0 Å². The number of thioether (sulfide) groups is 1. The summed E-state index contributed by atoms with van der Waals surface area (Å²) in [6, 6.07) is 8.00. The van der Waals surface area contributed by atoms with Crippen molar-refractivity contribution in [2.75, 3.05) is 18.9 Å². The maximum atomic E-state index is 10.8. The van der Waals surface area contributed by atoms with E-state index in [2.05, 4.69) is 0 Å². The molecule has 0 amide bonds. The van der Waals surface area contributed by atoms with Gasteiger partial charge in [0.2, 0.25) is 0 Å².